The van der Waals surface area contributed by atoms with E-state index in [1.54, 1.807) is 35.2 Å². The van der Waals surface area contributed by atoms with Crippen molar-refractivity contribution in [1.82, 2.24) is 4.90 Å². The van der Waals surface area contributed by atoms with E-state index in [1.165, 1.54) is 12.1 Å². The topological polar surface area (TPSA) is 181 Å². The lowest BCUT2D eigenvalue weighted by molar-refractivity contribution is -0.384. The van der Waals surface area contributed by atoms with E-state index in [9.17, 15) is 25.1 Å². The summed E-state index contributed by atoms with van der Waals surface area (Å²) in [7, 11) is 0. The van der Waals surface area contributed by atoms with E-state index in [0.29, 0.717) is 47.3 Å². The third kappa shape index (κ3) is 10.3. The van der Waals surface area contributed by atoms with Gasteiger partial charge in [-0.15, -0.1) is 18.2 Å². The smallest absolute Gasteiger partial charge is 0.410 e. The van der Waals surface area contributed by atoms with Crippen molar-refractivity contribution in [3.63, 3.8) is 0 Å². The van der Waals surface area contributed by atoms with Crippen LogP contribution in [0.4, 0.5) is 10.5 Å². The molecule has 0 saturated heterocycles. The number of unbranched alkanes of at least 4 members (excludes halogenated alkanes) is 2. The molecular formula is C48H58ClN3O12. The summed E-state index contributed by atoms with van der Waals surface area (Å²) in [4.78, 5) is 33.7. The number of alkyl halides is 1. The monoisotopic (exact) mass is 903 g/mol. The number of nitro benzene ring substituents is 1. The fourth-order valence-corrected chi connectivity index (χ4v) is 9.52. The average molecular weight is 904 g/mol. The second kappa shape index (κ2) is 20.7. The van der Waals surface area contributed by atoms with Gasteiger partial charge < -0.3 is 43.5 Å². The predicted octanol–water partition coefficient (Wildman–Crippen LogP) is 9.43. The van der Waals surface area contributed by atoms with Gasteiger partial charge in [0.1, 0.15) is 35.5 Å². The van der Waals surface area contributed by atoms with E-state index in [-0.39, 0.29) is 75.5 Å². The molecule has 0 bridgehead atoms. The number of hydrogen-bond acceptors (Lipinski definition) is 13. The van der Waals surface area contributed by atoms with Crippen molar-refractivity contribution in [2.24, 2.45) is 22.9 Å². The molecule has 1 saturated carbocycles. The zero-order valence-corrected chi connectivity index (χ0v) is 37.4. The number of nitro groups is 1. The molecule has 2 N–H and O–H groups in total. The molecular weight excluding hydrogens is 846 g/mol. The number of carbonyl (C=O) groups excluding carboxylic acids is 1. The Balaban J connectivity index is 1.46. The third-order valence-corrected chi connectivity index (χ3v) is 12.2. The maximum atomic E-state index is 14.6. The van der Waals surface area contributed by atoms with Crippen LogP contribution in [-0.2, 0) is 20.9 Å². The van der Waals surface area contributed by atoms with Gasteiger partial charge in [-0.2, -0.15) is 0 Å². The number of oxime groups is 1. The van der Waals surface area contributed by atoms with Crippen LogP contribution in [0, 0.1) is 27.9 Å². The maximum Gasteiger partial charge on any atom is 0.410 e. The number of nitrogens with zero attached hydrogens (tertiary/aromatic N) is 3. The van der Waals surface area contributed by atoms with Crippen LogP contribution in [0.2, 0.25) is 0 Å². The van der Waals surface area contributed by atoms with Crippen molar-refractivity contribution in [3.8, 4) is 28.7 Å². The van der Waals surface area contributed by atoms with Gasteiger partial charge in [0.05, 0.1) is 35.1 Å². The van der Waals surface area contributed by atoms with E-state index < -0.39 is 34.4 Å². The fourth-order valence-electron chi connectivity index (χ4n) is 9.45. The minimum absolute atomic E-state index is 0.0132. The molecule has 4 aliphatic rings. The van der Waals surface area contributed by atoms with Gasteiger partial charge in [-0.1, -0.05) is 42.3 Å². The van der Waals surface area contributed by atoms with Crippen LogP contribution in [0.3, 0.4) is 0 Å². The molecule has 0 unspecified atom stereocenters. The first-order chi connectivity index (χ1) is 30.9. The molecule has 1 fully saturated rings. The molecule has 344 valence electrons. The number of benzene rings is 3. The van der Waals surface area contributed by atoms with E-state index in [2.05, 4.69) is 12.7 Å². The van der Waals surface area contributed by atoms with Gasteiger partial charge in [0.2, 0.25) is 12.6 Å². The largest absolute Gasteiger partial charge is 0.459 e. The van der Waals surface area contributed by atoms with Crippen LogP contribution in [-0.4, -0.2) is 88.4 Å². The first kappa shape index (κ1) is 46.6. The number of halogens is 1. The second-order valence-electron chi connectivity index (χ2n) is 17.5. The standard InChI is InChI=1S/C48H58ClN3O12/c1-5-22-61-48-43(51(46(55)58-23-19-49)29-31-15-17-41-42(24-31)60-30-59-41)28-39(50-64-47(2,3)4)37-25-32(11-6-8-20-53)36(14-7-9-21-54)44(45(37)48)38-27-35(16-18-40(38)63-48)62-34-13-10-12-33(26-34)52(56)57/h5,10,12-13,15-18,24-27,32,36,43-45,53-54H,1,6-9,11,14,19-23,28-30H2,2-4H3/t32-,36+,43-,44+,45+,48+/m0/s1. The molecule has 15 nitrogen and oxygen atoms in total. The van der Waals surface area contributed by atoms with Gasteiger partial charge in [0.15, 0.2) is 11.5 Å². The van der Waals surface area contributed by atoms with Gasteiger partial charge >= 0.3 is 6.09 Å². The third-order valence-electron chi connectivity index (χ3n) is 12.0. The molecule has 0 aromatic heterocycles. The number of hydrogen-bond donors (Lipinski definition) is 2. The van der Waals surface area contributed by atoms with Crippen molar-refractivity contribution >= 4 is 29.1 Å². The number of ether oxygens (including phenoxy) is 6. The van der Waals surface area contributed by atoms with Gasteiger partial charge in [-0.25, -0.2) is 4.79 Å². The Morgan fingerprint density at radius 2 is 1.77 bits per heavy atom. The Kier molecular flexibility index (Phi) is 15.0. The highest BCUT2D eigenvalue weighted by molar-refractivity contribution is 6.18. The molecule has 6 atom stereocenters. The zero-order chi connectivity index (χ0) is 45.4. The lowest BCUT2D eigenvalue weighted by Crippen LogP contribution is -2.70. The van der Waals surface area contributed by atoms with Crippen molar-refractivity contribution in [3.05, 3.63) is 106 Å². The molecule has 0 radical (unpaired) electrons. The number of allylic oxidation sites excluding steroid dienone is 1. The van der Waals surface area contributed by atoms with Crippen molar-refractivity contribution in [1.29, 1.82) is 0 Å². The Morgan fingerprint density at radius 1 is 1.02 bits per heavy atom. The van der Waals surface area contributed by atoms with Gasteiger partial charge in [-0.05, 0) is 106 Å². The Morgan fingerprint density at radius 3 is 2.50 bits per heavy atom. The summed E-state index contributed by atoms with van der Waals surface area (Å²) in [5, 5.41) is 36.5. The highest BCUT2D eigenvalue weighted by atomic mass is 35.5. The van der Waals surface area contributed by atoms with Gasteiger partial charge in [-0.3, -0.25) is 15.0 Å². The number of aliphatic hydroxyl groups is 2. The number of non-ortho nitro benzene ring substituents is 1. The molecule has 2 heterocycles. The van der Waals surface area contributed by atoms with Gasteiger partial charge in [0, 0.05) is 43.7 Å². The molecule has 3 aromatic carbocycles. The summed E-state index contributed by atoms with van der Waals surface area (Å²) >= 11 is 6.11. The average Bonchev–Trinajstić information content (AvgIpc) is 3.75. The molecule has 2 aliphatic carbocycles. The van der Waals surface area contributed by atoms with E-state index >= 15 is 0 Å². The van der Waals surface area contributed by atoms with Crippen LogP contribution in [0.15, 0.2) is 90.1 Å². The molecule has 16 heteroatoms. The molecule has 2 aliphatic heterocycles. The summed E-state index contributed by atoms with van der Waals surface area (Å²) in [5.41, 5.74) is 2.26. The minimum Gasteiger partial charge on any atom is -0.459 e. The predicted molar refractivity (Wildman–Crippen MR) is 239 cm³/mol. The number of carbonyl (C=O) groups is 1. The van der Waals surface area contributed by atoms with Crippen LogP contribution < -0.4 is 18.9 Å². The number of rotatable bonds is 20. The maximum absolute atomic E-state index is 14.6. The van der Waals surface area contributed by atoms with Crippen LogP contribution >= 0.6 is 11.6 Å². The number of amides is 1. The summed E-state index contributed by atoms with van der Waals surface area (Å²) in [5.74, 6) is -0.137. The van der Waals surface area contributed by atoms with Crippen LogP contribution in [0.25, 0.3) is 0 Å². The summed E-state index contributed by atoms with van der Waals surface area (Å²) in [6, 6.07) is 16.1. The molecule has 64 heavy (non-hydrogen) atoms. The SMILES string of the molecule is C=CCO[C@@]12Oc3ccc(Oc4cccc([N+](=O)[O-])c4)cc3[C@H]3[C@H](CCCCO)[C@@H](CCCCO)C=C(C(=NOC(C)(C)C)C[C@@H]1N(Cc1ccc4c(c1)OCO4)C(=O)OCCCl)[C@H]32. The highest BCUT2D eigenvalue weighted by Crippen LogP contribution is 2.62. The van der Waals surface area contributed by atoms with E-state index in [4.69, 9.17) is 50.0 Å². The van der Waals surface area contributed by atoms with Crippen molar-refractivity contribution in [2.45, 2.75) is 95.6 Å². The van der Waals surface area contributed by atoms with Crippen molar-refractivity contribution < 1.29 is 53.2 Å². The van der Waals surface area contributed by atoms with E-state index in [0.717, 1.165) is 42.4 Å². The van der Waals surface area contributed by atoms with E-state index in [1.807, 2.05) is 45.0 Å². The highest BCUT2D eigenvalue weighted by Gasteiger charge is 2.66. The first-order valence-corrected chi connectivity index (χ1v) is 22.5. The first-order valence-electron chi connectivity index (χ1n) is 22.0. The minimum atomic E-state index is -1.57. The summed E-state index contributed by atoms with van der Waals surface area (Å²) in [6.45, 7) is 10.0. The van der Waals surface area contributed by atoms with Gasteiger partial charge in [0.25, 0.3) is 5.69 Å². The Labute approximate surface area is 378 Å². The summed E-state index contributed by atoms with van der Waals surface area (Å²) in [6.07, 6.45) is 7.60. The number of aliphatic hydroxyl groups excluding tert-OH is 2. The van der Waals surface area contributed by atoms with Crippen LogP contribution in [0.5, 0.6) is 28.7 Å². The molecule has 7 rings (SSSR count). The lowest BCUT2D eigenvalue weighted by atomic mass is 9.55. The zero-order valence-electron chi connectivity index (χ0n) is 36.6. The second-order valence-corrected chi connectivity index (χ2v) is 17.8. The molecule has 1 amide bonds. The lowest BCUT2D eigenvalue weighted by Gasteiger charge is -2.60. The quantitative estimate of drug-likeness (QED) is 0.0361. The number of fused-ring (bicyclic) bond motifs is 3. The normalized spacial score (nSPS) is 23.6. The fraction of sp³-hybridized carbons (Fsp3) is 0.500. The summed E-state index contributed by atoms with van der Waals surface area (Å²) < 4.78 is 37.9. The molecule has 3 aromatic rings. The Hall–Kier alpha value is -5.35. The molecule has 0 spiro atoms. The Bertz CT molecular complexity index is 2210. The van der Waals surface area contributed by atoms with Crippen LogP contribution in [0.1, 0.15) is 82.8 Å². The van der Waals surface area contributed by atoms with Crippen molar-refractivity contribution in [2.75, 3.05) is 39.1 Å².